The van der Waals surface area contributed by atoms with Crippen molar-refractivity contribution >= 4 is 11.6 Å². The zero-order valence-electron chi connectivity index (χ0n) is 9.90. The van der Waals surface area contributed by atoms with Crippen molar-refractivity contribution in [3.05, 3.63) is 29.8 Å². The van der Waals surface area contributed by atoms with Crippen LogP contribution in [0.1, 0.15) is 18.9 Å². The van der Waals surface area contributed by atoms with E-state index >= 15 is 0 Å². The fraction of sp³-hybridized carbons (Fsp3) is 0.462. The minimum absolute atomic E-state index is 0.0445. The lowest BCUT2D eigenvalue weighted by Gasteiger charge is -2.32. The first-order chi connectivity index (χ1) is 7.55. The second kappa shape index (κ2) is 2.78. The van der Waals surface area contributed by atoms with Crippen molar-refractivity contribution in [3.8, 4) is 0 Å². The number of carbonyl (C=O) groups is 1. The van der Waals surface area contributed by atoms with Gasteiger partial charge in [0.05, 0.1) is 0 Å². The fourth-order valence-corrected chi connectivity index (χ4v) is 3.41. The first-order valence-corrected chi connectivity index (χ1v) is 5.64. The largest absolute Gasteiger partial charge is 0.353 e. The molecule has 0 aromatic heterocycles. The molecule has 1 amide bonds. The molecule has 3 heteroatoms. The molecule has 2 unspecified atom stereocenters. The average Bonchev–Trinajstić information content (AvgIpc) is 2.62. The lowest BCUT2D eigenvalue weighted by molar-refractivity contribution is -0.127. The molecular formula is C13H16N2O. The summed E-state index contributed by atoms with van der Waals surface area (Å²) >= 11 is 0. The van der Waals surface area contributed by atoms with Crippen LogP contribution in [0.4, 0.5) is 5.69 Å². The molecule has 3 rings (SSSR count). The molecule has 1 aromatic carbocycles. The van der Waals surface area contributed by atoms with Crippen LogP contribution in [0.15, 0.2) is 24.3 Å². The molecule has 0 N–H and O–H groups in total. The van der Waals surface area contributed by atoms with Gasteiger partial charge in [0.1, 0.15) is 6.17 Å². The number of fused-ring (bicyclic) bond motifs is 3. The summed E-state index contributed by atoms with van der Waals surface area (Å²) in [6.45, 7) is 2.20. The summed E-state index contributed by atoms with van der Waals surface area (Å²) in [5, 5.41) is 0. The number of hydrogen-bond donors (Lipinski definition) is 0. The Hall–Kier alpha value is -1.51. The van der Waals surface area contributed by atoms with Crippen molar-refractivity contribution in [2.45, 2.75) is 24.9 Å². The highest BCUT2D eigenvalue weighted by Crippen LogP contribution is 2.50. The van der Waals surface area contributed by atoms with Crippen LogP contribution < -0.4 is 4.90 Å². The van der Waals surface area contributed by atoms with E-state index in [9.17, 15) is 4.79 Å². The van der Waals surface area contributed by atoms with Gasteiger partial charge >= 0.3 is 0 Å². The summed E-state index contributed by atoms with van der Waals surface area (Å²) in [5.74, 6) is 0.244. The third-order valence-electron chi connectivity index (χ3n) is 4.11. The number of benzene rings is 1. The Balaban J connectivity index is 2.21. The highest BCUT2D eigenvalue weighted by molar-refractivity contribution is 5.85. The van der Waals surface area contributed by atoms with Crippen LogP contribution in [0.25, 0.3) is 0 Å². The monoisotopic (exact) mass is 216 g/mol. The van der Waals surface area contributed by atoms with Crippen LogP contribution in [0.5, 0.6) is 0 Å². The van der Waals surface area contributed by atoms with Crippen molar-refractivity contribution in [2.75, 3.05) is 19.0 Å². The predicted octanol–water partition coefficient (Wildman–Crippen LogP) is 1.58. The average molecular weight is 216 g/mol. The van der Waals surface area contributed by atoms with Gasteiger partial charge in [-0.2, -0.15) is 0 Å². The van der Waals surface area contributed by atoms with Gasteiger partial charge in [-0.1, -0.05) is 25.1 Å². The highest BCUT2D eigenvalue weighted by atomic mass is 16.2. The molecule has 0 spiro atoms. The normalized spacial score (nSPS) is 31.9. The van der Waals surface area contributed by atoms with Crippen LogP contribution in [-0.4, -0.2) is 31.1 Å². The summed E-state index contributed by atoms with van der Waals surface area (Å²) in [6.07, 6.45) is 0.799. The molecule has 2 atom stereocenters. The van der Waals surface area contributed by atoms with Crippen molar-refractivity contribution in [1.82, 2.24) is 4.90 Å². The Kier molecular flexibility index (Phi) is 1.69. The number of rotatable bonds is 0. The Morgan fingerprint density at radius 1 is 1.25 bits per heavy atom. The van der Waals surface area contributed by atoms with E-state index < -0.39 is 0 Å². The Morgan fingerprint density at radius 3 is 2.69 bits per heavy atom. The van der Waals surface area contributed by atoms with Crippen LogP contribution >= 0.6 is 0 Å². The van der Waals surface area contributed by atoms with E-state index in [4.69, 9.17) is 0 Å². The lowest BCUT2D eigenvalue weighted by atomic mass is 9.81. The van der Waals surface area contributed by atoms with Crippen molar-refractivity contribution < 1.29 is 4.79 Å². The maximum atomic E-state index is 11.8. The van der Waals surface area contributed by atoms with Gasteiger partial charge in [-0.3, -0.25) is 4.79 Å². The number of likely N-dealkylation sites (tertiary alicyclic amines) is 1. The SMILES string of the molecule is CN1C(=O)CC2(C)c3ccccc3N(C)C12. The number of carbonyl (C=O) groups excluding carboxylic acids is 1. The molecule has 3 nitrogen and oxygen atoms in total. The summed E-state index contributed by atoms with van der Waals surface area (Å²) in [7, 11) is 3.98. The van der Waals surface area contributed by atoms with Gasteiger partial charge in [-0.05, 0) is 11.6 Å². The zero-order valence-corrected chi connectivity index (χ0v) is 9.90. The van der Waals surface area contributed by atoms with E-state index in [1.807, 2.05) is 11.9 Å². The number of amides is 1. The van der Waals surface area contributed by atoms with Gasteiger partial charge < -0.3 is 9.80 Å². The topological polar surface area (TPSA) is 23.6 Å². The number of para-hydroxylation sites is 1. The van der Waals surface area contributed by atoms with Gasteiger partial charge in [-0.15, -0.1) is 0 Å². The maximum Gasteiger partial charge on any atom is 0.225 e. The minimum Gasteiger partial charge on any atom is -0.353 e. The van der Waals surface area contributed by atoms with Gasteiger partial charge in [0.25, 0.3) is 0 Å². The second-order valence-corrected chi connectivity index (χ2v) is 5.10. The number of likely N-dealkylation sites (N-methyl/N-ethyl adjacent to an activating group) is 2. The molecule has 16 heavy (non-hydrogen) atoms. The smallest absolute Gasteiger partial charge is 0.225 e. The molecule has 1 aromatic rings. The summed E-state index contributed by atoms with van der Waals surface area (Å²) < 4.78 is 0. The van der Waals surface area contributed by atoms with Gasteiger partial charge in [0, 0.05) is 31.6 Å². The molecule has 0 radical (unpaired) electrons. The Morgan fingerprint density at radius 2 is 1.94 bits per heavy atom. The van der Waals surface area contributed by atoms with E-state index in [1.165, 1.54) is 11.3 Å². The quantitative estimate of drug-likeness (QED) is 0.657. The molecule has 2 aliphatic rings. The van der Waals surface area contributed by atoms with Crippen LogP contribution in [0.3, 0.4) is 0 Å². The minimum atomic E-state index is -0.0445. The third-order valence-corrected chi connectivity index (χ3v) is 4.11. The molecule has 2 heterocycles. The van der Waals surface area contributed by atoms with E-state index in [0.717, 1.165) is 0 Å². The molecule has 0 bridgehead atoms. The van der Waals surface area contributed by atoms with E-state index in [1.54, 1.807) is 0 Å². The molecule has 1 fully saturated rings. The number of nitrogens with zero attached hydrogens (tertiary/aromatic N) is 2. The third kappa shape index (κ3) is 0.913. The number of hydrogen-bond acceptors (Lipinski definition) is 2. The van der Waals surface area contributed by atoms with Crippen molar-refractivity contribution in [2.24, 2.45) is 0 Å². The predicted molar refractivity (Wildman–Crippen MR) is 63.4 cm³/mol. The maximum absolute atomic E-state index is 11.8. The first kappa shape index (κ1) is 9.70. The molecule has 1 saturated heterocycles. The van der Waals surface area contributed by atoms with Crippen molar-refractivity contribution in [3.63, 3.8) is 0 Å². The van der Waals surface area contributed by atoms with Gasteiger partial charge in [0.2, 0.25) is 5.91 Å². The first-order valence-electron chi connectivity index (χ1n) is 5.64. The van der Waals surface area contributed by atoms with E-state index in [0.29, 0.717) is 6.42 Å². The number of anilines is 1. The summed E-state index contributed by atoms with van der Waals surface area (Å²) in [6, 6.07) is 8.40. The molecule has 0 saturated carbocycles. The molecular weight excluding hydrogens is 200 g/mol. The lowest BCUT2D eigenvalue weighted by Crippen LogP contribution is -2.46. The fourth-order valence-electron chi connectivity index (χ4n) is 3.41. The summed E-state index contributed by atoms with van der Waals surface area (Å²) in [4.78, 5) is 15.9. The summed E-state index contributed by atoms with van der Waals surface area (Å²) in [5.41, 5.74) is 2.52. The highest BCUT2D eigenvalue weighted by Gasteiger charge is 2.55. The van der Waals surface area contributed by atoms with E-state index in [2.05, 4.69) is 43.1 Å². The van der Waals surface area contributed by atoms with Crippen molar-refractivity contribution in [1.29, 1.82) is 0 Å². The second-order valence-electron chi connectivity index (χ2n) is 5.10. The van der Waals surface area contributed by atoms with Crippen LogP contribution in [0.2, 0.25) is 0 Å². The zero-order chi connectivity index (χ0) is 11.5. The molecule has 0 aliphatic carbocycles. The standard InChI is InChI=1S/C13H16N2O/c1-13-8-11(16)15(3)12(13)14(2)10-7-5-4-6-9(10)13/h4-7,12H,8H2,1-3H3. The van der Waals surface area contributed by atoms with Crippen LogP contribution in [-0.2, 0) is 10.2 Å². The molecule has 84 valence electrons. The van der Waals surface area contributed by atoms with Gasteiger partial charge in [-0.25, -0.2) is 0 Å². The van der Waals surface area contributed by atoms with Crippen LogP contribution in [0, 0.1) is 0 Å². The Labute approximate surface area is 95.7 Å². The van der Waals surface area contributed by atoms with Gasteiger partial charge in [0.15, 0.2) is 0 Å². The Bertz CT molecular complexity index is 471. The van der Waals surface area contributed by atoms with E-state index in [-0.39, 0.29) is 17.5 Å². The molecule has 2 aliphatic heterocycles.